The first-order valence-corrected chi connectivity index (χ1v) is 3.89. The molecule has 1 aromatic carbocycles. The number of anilines is 1. The van der Waals surface area contributed by atoms with Crippen LogP contribution in [0.4, 0.5) is 5.69 Å². The van der Waals surface area contributed by atoms with Crippen molar-refractivity contribution in [2.45, 2.75) is 0 Å². The number of rotatable bonds is 3. The molecule has 0 unspecified atom stereocenters. The van der Waals surface area contributed by atoms with Crippen LogP contribution in [0.5, 0.6) is 0 Å². The maximum atomic E-state index is 11.0. The Morgan fingerprint density at radius 3 is 2.38 bits per heavy atom. The summed E-state index contributed by atoms with van der Waals surface area (Å²) in [6.07, 6.45) is 0. The predicted octanol–water partition coefficient (Wildman–Crippen LogP) is 1.02. The van der Waals surface area contributed by atoms with E-state index in [0.717, 1.165) is 5.69 Å². The molecule has 0 amide bonds. The molecule has 4 nitrogen and oxygen atoms in total. The van der Waals surface area contributed by atoms with Crippen molar-refractivity contribution in [2.75, 3.05) is 19.6 Å². The number of carbonyl (C=O) groups is 1. The van der Waals surface area contributed by atoms with E-state index in [1.165, 1.54) is 7.11 Å². The highest BCUT2D eigenvalue weighted by Crippen LogP contribution is 2.08. The Morgan fingerprint density at radius 1 is 1.31 bits per heavy atom. The average Bonchev–Trinajstić information content (AvgIpc) is 2.18. The highest BCUT2D eigenvalue weighted by Gasteiger charge is 2.03. The van der Waals surface area contributed by atoms with Crippen LogP contribution in [-0.4, -0.2) is 20.1 Å². The molecule has 0 saturated heterocycles. The molecule has 0 saturated carbocycles. The molecule has 0 bridgehead atoms. The fraction of sp³-hybridized carbons (Fsp3) is 0.222. The molecule has 0 aliphatic carbocycles. The van der Waals surface area contributed by atoms with Crippen molar-refractivity contribution in [2.24, 2.45) is 0 Å². The summed E-state index contributed by atoms with van der Waals surface area (Å²) in [5.41, 5.74) is 7.11. The summed E-state index contributed by atoms with van der Waals surface area (Å²) in [5.74, 6) is -0.323. The maximum Gasteiger partial charge on any atom is 0.337 e. The lowest BCUT2D eigenvalue weighted by molar-refractivity contribution is 0.0601. The normalized spacial score (nSPS) is 9.38. The first-order valence-electron chi connectivity index (χ1n) is 3.89. The molecule has 0 atom stereocenters. The first kappa shape index (κ1) is 9.54. The van der Waals surface area contributed by atoms with Crippen LogP contribution in [0.2, 0.25) is 0 Å². The van der Waals surface area contributed by atoms with Crippen molar-refractivity contribution in [3.8, 4) is 0 Å². The van der Waals surface area contributed by atoms with Gasteiger partial charge in [-0.1, -0.05) is 0 Å². The van der Waals surface area contributed by atoms with Gasteiger partial charge in [-0.25, -0.2) is 10.2 Å². The van der Waals surface area contributed by atoms with Gasteiger partial charge in [0.2, 0.25) is 0 Å². The Kier molecular flexibility index (Phi) is 3.28. The van der Waals surface area contributed by atoms with E-state index in [-0.39, 0.29) is 5.97 Å². The molecule has 0 radical (unpaired) electrons. The number of benzene rings is 1. The quantitative estimate of drug-likeness (QED) is 0.538. The van der Waals surface area contributed by atoms with Crippen LogP contribution in [0.25, 0.3) is 0 Å². The molecule has 0 spiro atoms. The second kappa shape index (κ2) is 4.47. The molecule has 0 aliphatic heterocycles. The molecule has 0 aromatic heterocycles. The van der Waals surface area contributed by atoms with Gasteiger partial charge in [0, 0.05) is 12.7 Å². The summed E-state index contributed by atoms with van der Waals surface area (Å²) in [7, 11) is 3.14. The van der Waals surface area contributed by atoms with E-state index in [1.54, 1.807) is 31.3 Å². The zero-order chi connectivity index (χ0) is 9.68. The largest absolute Gasteiger partial charge is 0.465 e. The van der Waals surface area contributed by atoms with Gasteiger partial charge in [0.1, 0.15) is 0 Å². The first-order chi connectivity index (χ1) is 6.27. The molecule has 2 N–H and O–H groups in total. The lowest BCUT2D eigenvalue weighted by Gasteiger charge is -2.04. The summed E-state index contributed by atoms with van der Waals surface area (Å²) in [6.45, 7) is 0. The number of carbonyl (C=O) groups excluding carboxylic acids is 1. The van der Waals surface area contributed by atoms with E-state index in [2.05, 4.69) is 15.6 Å². The fourth-order valence-electron chi connectivity index (χ4n) is 0.952. The van der Waals surface area contributed by atoms with Crippen LogP contribution in [-0.2, 0) is 4.74 Å². The van der Waals surface area contributed by atoms with Gasteiger partial charge in [0.05, 0.1) is 12.7 Å². The van der Waals surface area contributed by atoms with Gasteiger partial charge < -0.3 is 10.2 Å². The molecule has 4 heteroatoms. The van der Waals surface area contributed by atoms with Crippen molar-refractivity contribution < 1.29 is 9.53 Å². The van der Waals surface area contributed by atoms with Crippen molar-refractivity contribution in [1.82, 2.24) is 5.43 Å². The van der Waals surface area contributed by atoms with Gasteiger partial charge in [0.25, 0.3) is 0 Å². The van der Waals surface area contributed by atoms with Gasteiger partial charge in [-0.2, -0.15) is 0 Å². The van der Waals surface area contributed by atoms with Crippen LogP contribution in [0.15, 0.2) is 24.3 Å². The fourth-order valence-corrected chi connectivity index (χ4v) is 0.952. The van der Waals surface area contributed by atoms with Gasteiger partial charge in [-0.15, -0.1) is 0 Å². The highest BCUT2D eigenvalue weighted by atomic mass is 16.5. The topological polar surface area (TPSA) is 50.4 Å². The number of methoxy groups -OCH3 is 1. The minimum absolute atomic E-state index is 0.323. The lowest BCUT2D eigenvalue weighted by Crippen LogP contribution is -2.14. The Morgan fingerprint density at radius 2 is 1.92 bits per heavy atom. The molecule has 13 heavy (non-hydrogen) atoms. The smallest absolute Gasteiger partial charge is 0.337 e. The van der Waals surface area contributed by atoms with Gasteiger partial charge in [-0.05, 0) is 24.3 Å². The molecule has 70 valence electrons. The molecule has 0 fully saturated rings. The van der Waals surface area contributed by atoms with E-state index in [1.807, 2.05) is 0 Å². The Bertz CT molecular complexity index is 282. The highest BCUT2D eigenvalue weighted by molar-refractivity contribution is 5.89. The Labute approximate surface area is 76.9 Å². The molecule has 1 aromatic rings. The van der Waals surface area contributed by atoms with Crippen molar-refractivity contribution in [3.05, 3.63) is 29.8 Å². The monoisotopic (exact) mass is 180 g/mol. The average molecular weight is 180 g/mol. The van der Waals surface area contributed by atoms with Crippen LogP contribution >= 0.6 is 0 Å². The SMILES string of the molecule is CNNc1ccc(C(=O)OC)cc1. The minimum atomic E-state index is -0.323. The molecular weight excluding hydrogens is 168 g/mol. The summed E-state index contributed by atoms with van der Waals surface area (Å²) in [5, 5.41) is 0. The zero-order valence-electron chi connectivity index (χ0n) is 7.63. The Hall–Kier alpha value is -1.55. The van der Waals surface area contributed by atoms with Crippen molar-refractivity contribution in [1.29, 1.82) is 0 Å². The van der Waals surface area contributed by atoms with Crippen LogP contribution in [0, 0.1) is 0 Å². The third-order valence-electron chi connectivity index (χ3n) is 1.58. The third kappa shape index (κ3) is 2.45. The van der Waals surface area contributed by atoms with E-state index >= 15 is 0 Å². The van der Waals surface area contributed by atoms with E-state index in [4.69, 9.17) is 0 Å². The van der Waals surface area contributed by atoms with Crippen LogP contribution in [0.3, 0.4) is 0 Å². The number of ether oxygens (including phenoxy) is 1. The second-order valence-electron chi connectivity index (χ2n) is 2.44. The Balaban J connectivity index is 2.75. The molecule has 0 aliphatic rings. The van der Waals surface area contributed by atoms with Gasteiger partial charge in [-0.3, -0.25) is 0 Å². The zero-order valence-corrected chi connectivity index (χ0v) is 7.63. The summed E-state index contributed by atoms with van der Waals surface area (Å²) in [4.78, 5) is 11.0. The number of hydrogen-bond acceptors (Lipinski definition) is 4. The van der Waals surface area contributed by atoms with E-state index in [9.17, 15) is 4.79 Å². The van der Waals surface area contributed by atoms with Crippen molar-refractivity contribution in [3.63, 3.8) is 0 Å². The van der Waals surface area contributed by atoms with Crippen LogP contribution < -0.4 is 10.9 Å². The second-order valence-corrected chi connectivity index (χ2v) is 2.44. The summed E-state index contributed by atoms with van der Waals surface area (Å²) in [6, 6.07) is 6.99. The summed E-state index contributed by atoms with van der Waals surface area (Å²) < 4.78 is 4.56. The third-order valence-corrected chi connectivity index (χ3v) is 1.58. The number of esters is 1. The van der Waals surface area contributed by atoms with Gasteiger partial charge >= 0.3 is 5.97 Å². The number of nitrogens with one attached hydrogen (secondary N) is 2. The van der Waals surface area contributed by atoms with Crippen LogP contribution in [0.1, 0.15) is 10.4 Å². The maximum absolute atomic E-state index is 11.0. The van der Waals surface area contributed by atoms with E-state index < -0.39 is 0 Å². The van der Waals surface area contributed by atoms with Gasteiger partial charge in [0.15, 0.2) is 0 Å². The minimum Gasteiger partial charge on any atom is -0.465 e. The number of hydrogen-bond donors (Lipinski definition) is 2. The van der Waals surface area contributed by atoms with Crippen molar-refractivity contribution >= 4 is 11.7 Å². The molecule has 1 rings (SSSR count). The lowest BCUT2D eigenvalue weighted by atomic mass is 10.2. The predicted molar refractivity (Wildman–Crippen MR) is 50.5 cm³/mol. The molecule has 0 heterocycles. The molecular formula is C9H12N2O2. The van der Waals surface area contributed by atoms with E-state index in [0.29, 0.717) is 5.56 Å². The standard InChI is InChI=1S/C9H12N2O2/c1-10-11-8-5-3-7(4-6-8)9(12)13-2/h3-6,10-11H,1-2H3. The number of hydrazine groups is 1. The summed E-state index contributed by atoms with van der Waals surface area (Å²) >= 11 is 0.